The van der Waals surface area contributed by atoms with Gasteiger partial charge in [-0.1, -0.05) is 0 Å². The largest absolute Gasteiger partial charge is 0.378 e. The Morgan fingerprint density at radius 2 is 1.86 bits per heavy atom. The van der Waals surface area contributed by atoms with E-state index in [2.05, 4.69) is 15.9 Å². The van der Waals surface area contributed by atoms with Crippen LogP contribution in [-0.2, 0) is 4.74 Å². The molecule has 6 nitrogen and oxygen atoms in total. The molecule has 2 heterocycles. The monoisotopic (exact) mass is 291 g/mol. The molecule has 1 aromatic carbocycles. The Kier molecular flexibility index (Phi) is 3.82. The number of aryl methyl sites for hydroxylation is 1. The molecule has 2 aliphatic rings. The Morgan fingerprint density at radius 1 is 1.19 bits per heavy atom. The maximum atomic E-state index is 11.2. The van der Waals surface area contributed by atoms with Crippen LogP contribution in [0, 0.1) is 24.0 Å². The molecule has 0 aliphatic carbocycles. The van der Waals surface area contributed by atoms with E-state index in [-0.39, 0.29) is 10.6 Å². The zero-order valence-corrected chi connectivity index (χ0v) is 12.5. The van der Waals surface area contributed by atoms with Gasteiger partial charge in [0.05, 0.1) is 24.2 Å². The number of hydrogen-bond acceptors (Lipinski definition) is 5. The molecule has 0 aromatic heterocycles. The van der Waals surface area contributed by atoms with Gasteiger partial charge in [-0.3, -0.25) is 15.0 Å². The quantitative estimate of drug-likeness (QED) is 0.627. The lowest BCUT2D eigenvalue weighted by atomic mass is 10.1. The fourth-order valence-corrected chi connectivity index (χ4v) is 2.97. The first kappa shape index (κ1) is 14.3. The summed E-state index contributed by atoms with van der Waals surface area (Å²) in [6, 6.07) is 4.34. The second kappa shape index (κ2) is 5.61. The fraction of sp³-hybridized carbons (Fsp3) is 0.600. The lowest BCUT2D eigenvalue weighted by molar-refractivity contribution is -0.385. The number of nitro benzene ring substituents is 1. The van der Waals surface area contributed by atoms with Crippen molar-refractivity contribution in [1.29, 1.82) is 0 Å². The van der Waals surface area contributed by atoms with Crippen LogP contribution in [-0.4, -0.2) is 55.3 Å². The maximum absolute atomic E-state index is 11.2. The SMILES string of the molecule is Cc1cc(N2CCN(C3COC3)CC2)cc([N+](=O)[O-])c1C. The Morgan fingerprint density at radius 3 is 2.38 bits per heavy atom. The summed E-state index contributed by atoms with van der Waals surface area (Å²) in [7, 11) is 0. The minimum Gasteiger partial charge on any atom is -0.378 e. The van der Waals surface area contributed by atoms with Crippen molar-refractivity contribution >= 4 is 11.4 Å². The lowest BCUT2D eigenvalue weighted by Gasteiger charge is -2.43. The number of hydrogen-bond donors (Lipinski definition) is 0. The molecule has 0 unspecified atom stereocenters. The summed E-state index contributed by atoms with van der Waals surface area (Å²) in [6.07, 6.45) is 0. The average Bonchev–Trinajstić information content (AvgIpc) is 2.40. The highest BCUT2D eigenvalue weighted by Crippen LogP contribution is 2.29. The predicted octanol–water partition coefficient (Wildman–Crippen LogP) is 1.73. The summed E-state index contributed by atoms with van der Waals surface area (Å²) in [5.41, 5.74) is 2.93. The molecule has 21 heavy (non-hydrogen) atoms. The van der Waals surface area contributed by atoms with E-state index in [0.717, 1.165) is 56.2 Å². The Balaban J connectivity index is 1.74. The molecule has 2 saturated heterocycles. The summed E-state index contributed by atoms with van der Waals surface area (Å²) in [6.45, 7) is 9.25. The molecular formula is C15H21N3O3. The summed E-state index contributed by atoms with van der Waals surface area (Å²) in [4.78, 5) is 15.6. The number of ether oxygens (including phenoxy) is 1. The molecule has 0 N–H and O–H groups in total. The lowest BCUT2D eigenvalue weighted by Crippen LogP contribution is -2.56. The number of rotatable bonds is 3. The molecule has 0 atom stereocenters. The number of anilines is 1. The Hall–Kier alpha value is -1.66. The van der Waals surface area contributed by atoms with Crippen molar-refractivity contribution in [3.8, 4) is 0 Å². The fourth-order valence-electron chi connectivity index (χ4n) is 2.97. The summed E-state index contributed by atoms with van der Waals surface area (Å²) < 4.78 is 5.24. The van der Waals surface area contributed by atoms with Gasteiger partial charge in [-0.25, -0.2) is 0 Å². The summed E-state index contributed by atoms with van der Waals surface area (Å²) >= 11 is 0. The van der Waals surface area contributed by atoms with E-state index in [4.69, 9.17) is 4.74 Å². The third kappa shape index (κ3) is 2.73. The van der Waals surface area contributed by atoms with Crippen LogP contribution >= 0.6 is 0 Å². The van der Waals surface area contributed by atoms with Gasteiger partial charge >= 0.3 is 0 Å². The standard InChI is InChI=1S/C15H21N3O3/c1-11-7-13(8-15(12(11)2)18(19)20)16-3-5-17(6-4-16)14-9-21-10-14/h7-8,14H,3-6,9-10H2,1-2H3. The van der Waals surface area contributed by atoms with E-state index in [1.807, 2.05) is 13.8 Å². The first-order valence-corrected chi connectivity index (χ1v) is 7.38. The van der Waals surface area contributed by atoms with E-state index in [1.54, 1.807) is 6.07 Å². The van der Waals surface area contributed by atoms with Crippen LogP contribution in [0.2, 0.25) is 0 Å². The van der Waals surface area contributed by atoms with Gasteiger partial charge in [0.15, 0.2) is 0 Å². The maximum Gasteiger partial charge on any atom is 0.274 e. The zero-order valence-electron chi connectivity index (χ0n) is 12.5. The van der Waals surface area contributed by atoms with Crippen LogP contribution in [0.4, 0.5) is 11.4 Å². The molecule has 2 fully saturated rings. The van der Waals surface area contributed by atoms with E-state index in [0.29, 0.717) is 6.04 Å². The van der Waals surface area contributed by atoms with Gasteiger partial charge in [0.1, 0.15) is 0 Å². The van der Waals surface area contributed by atoms with Crippen molar-refractivity contribution in [2.45, 2.75) is 19.9 Å². The topological polar surface area (TPSA) is 58.8 Å². The minimum absolute atomic E-state index is 0.222. The molecular weight excluding hydrogens is 270 g/mol. The molecule has 3 rings (SSSR count). The van der Waals surface area contributed by atoms with Crippen LogP contribution in [0.25, 0.3) is 0 Å². The molecule has 0 saturated carbocycles. The Bertz CT molecular complexity index is 549. The molecule has 0 amide bonds. The van der Waals surface area contributed by atoms with Crippen LogP contribution in [0.15, 0.2) is 12.1 Å². The van der Waals surface area contributed by atoms with Crippen LogP contribution in [0.1, 0.15) is 11.1 Å². The van der Waals surface area contributed by atoms with Crippen molar-refractivity contribution in [3.05, 3.63) is 33.4 Å². The first-order chi connectivity index (χ1) is 10.1. The van der Waals surface area contributed by atoms with E-state index >= 15 is 0 Å². The van der Waals surface area contributed by atoms with Crippen molar-refractivity contribution in [3.63, 3.8) is 0 Å². The van der Waals surface area contributed by atoms with Crippen LogP contribution in [0.3, 0.4) is 0 Å². The molecule has 0 spiro atoms. The van der Waals surface area contributed by atoms with E-state index in [9.17, 15) is 10.1 Å². The van der Waals surface area contributed by atoms with Gasteiger partial charge < -0.3 is 9.64 Å². The van der Waals surface area contributed by atoms with Gasteiger partial charge in [-0.15, -0.1) is 0 Å². The van der Waals surface area contributed by atoms with Crippen molar-refractivity contribution in [2.75, 3.05) is 44.3 Å². The van der Waals surface area contributed by atoms with Gasteiger partial charge in [-0.05, 0) is 25.5 Å². The highest BCUT2D eigenvalue weighted by molar-refractivity contribution is 5.60. The second-order valence-electron chi connectivity index (χ2n) is 5.88. The third-order valence-electron chi connectivity index (χ3n) is 4.64. The van der Waals surface area contributed by atoms with Crippen molar-refractivity contribution in [2.24, 2.45) is 0 Å². The molecule has 1 aromatic rings. The summed E-state index contributed by atoms with van der Waals surface area (Å²) in [5, 5.41) is 11.2. The first-order valence-electron chi connectivity index (χ1n) is 7.38. The number of piperazine rings is 1. The Labute approximate surface area is 124 Å². The third-order valence-corrected chi connectivity index (χ3v) is 4.64. The van der Waals surface area contributed by atoms with E-state index in [1.165, 1.54) is 0 Å². The summed E-state index contributed by atoms with van der Waals surface area (Å²) in [5.74, 6) is 0. The molecule has 114 valence electrons. The smallest absolute Gasteiger partial charge is 0.274 e. The average molecular weight is 291 g/mol. The molecule has 0 bridgehead atoms. The molecule has 0 radical (unpaired) electrons. The van der Waals surface area contributed by atoms with Gasteiger partial charge in [0.25, 0.3) is 5.69 Å². The van der Waals surface area contributed by atoms with Gasteiger partial charge in [-0.2, -0.15) is 0 Å². The molecule has 6 heteroatoms. The minimum atomic E-state index is -0.284. The number of nitro groups is 1. The van der Waals surface area contributed by atoms with Crippen LogP contribution in [0.5, 0.6) is 0 Å². The van der Waals surface area contributed by atoms with Crippen LogP contribution < -0.4 is 4.90 Å². The van der Waals surface area contributed by atoms with Gasteiger partial charge in [0.2, 0.25) is 0 Å². The van der Waals surface area contributed by atoms with Crippen molar-refractivity contribution in [1.82, 2.24) is 4.90 Å². The number of nitrogens with zero attached hydrogens (tertiary/aromatic N) is 3. The van der Waals surface area contributed by atoms with E-state index < -0.39 is 0 Å². The highest BCUT2D eigenvalue weighted by atomic mass is 16.6. The highest BCUT2D eigenvalue weighted by Gasteiger charge is 2.29. The second-order valence-corrected chi connectivity index (χ2v) is 5.88. The zero-order chi connectivity index (χ0) is 15.0. The predicted molar refractivity (Wildman–Crippen MR) is 81.0 cm³/mol. The van der Waals surface area contributed by atoms with Crippen molar-refractivity contribution < 1.29 is 9.66 Å². The van der Waals surface area contributed by atoms with Gasteiger partial charge in [0, 0.05) is 43.5 Å². The molecule has 2 aliphatic heterocycles. The normalized spacial score (nSPS) is 20.4. The number of benzene rings is 1.